The molecule has 2 aromatic rings. The summed E-state index contributed by atoms with van der Waals surface area (Å²) in [5.41, 5.74) is 0.471. The first-order chi connectivity index (χ1) is 10.1. The normalized spacial score (nSPS) is 17.0. The average molecular weight is 356 g/mol. The molecule has 2 heterocycles. The predicted octanol–water partition coefficient (Wildman–Crippen LogP) is 4.95. The molecule has 1 aliphatic rings. The molecule has 0 radical (unpaired) electrons. The number of anilines is 1. The summed E-state index contributed by atoms with van der Waals surface area (Å²) in [6.45, 7) is 0. The molecule has 0 saturated carbocycles. The number of thiocarbonyl (C=S) groups is 1. The summed E-state index contributed by atoms with van der Waals surface area (Å²) in [5, 5.41) is 1.90. The molecule has 0 spiro atoms. The average Bonchev–Trinajstić information content (AvgIpc) is 3.03. The lowest BCUT2D eigenvalue weighted by Crippen LogP contribution is -2.27. The highest BCUT2D eigenvalue weighted by Gasteiger charge is 2.33. The molecule has 1 fully saturated rings. The summed E-state index contributed by atoms with van der Waals surface area (Å²) < 4.78 is 13.6. The second-order valence-corrected chi connectivity index (χ2v) is 7.19. The van der Waals surface area contributed by atoms with Crippen LogP contribution in [-0.2, 0) is 4.79 Å². The van der Waals surface area contributed by atoms with E-state index in [1.165, 1.54) is 34.9 Å². The zero-order valence-electron chi connectivity index (χ0n) is 10.4. The summed E-state index contributed by atoms with van der Waals surface area (Å²) in [7, 11) is 0. The van der Waals surface area contributed by atoms with Gasteiger partial charge in [-0.2, -0.15) is 0 Å². The first-order valence-electron chi connectivity index (χ1n) is 5.83. The number of thiophene rings is 1. The van der Waals surface area contributed by atoms with E-state index in [9.17, 15) is 9.18 Å². The van der Waals surface area contributed by atoms with Crippen molar-refractivity contribution in [3.05, 3.63) is 56.3 Å². The molecular formula is C14H7ClFNOS3. The van der Waals surface area contributed by atoms with Crippen LogP contribution in [-0.4, -0.2) is 10.2 Å². The van der Waals surface area contributed by atoms with Gasteiger partial charge in [-0.05, 0) is 35.7 Å². The molecule has 7 heteroatoms. The van der Waals surface area contributed by atoms with Crippen molar-refractivity contribution < 1.29 is 9.18 Å². The molecule has 1 aliphatic heterocycles. The number of nitrogens with zero attached hydrogens (tertiary/aromatic N) is 1. The summed E-state index contributed by atoms with van der Waals surface area (Å²) in [5.74, 6) is -0.749. The number of halogens is 2. The van der Waals surface area contributed by atoms with Crippen LogP contribution in [0.4, 0.5) is 10.1 Å². The van der Waals surface area contributed by atoms with Crippen molar-refractivity contribution in [1.29, 1.82) is 0 Å². The fraction of sp³-hybridized carbons (Fsp3) is 0. The van der Waals surface area contributed by atoms with Crippen LogP contribution in [0.1, 0.15) is 4.88 Å². The van der Waals surface area contributed by atoms with Crippen LogP contribution in [0.25, 0.3) is 6.08 Å². The van der Waals surface area contributed by atoms with Gasteiger partial charge in [-0.25, -0.2) is 4.39 Å². The molecule has 21 heavy (non-hydrogen) atoms. The molecule has 0 atom stereocenters. The van der Waals surface area contributed by atoms with Crippen molar-refractivity contribution in [2.24, 2.45) is 0 Å². The van der Waals surface area contributed by atoms with Gasteiger partial charge in [-0.15, -0.1) is 11.3 Å². The topological polar surface area (TPSA) is 20.3 Å². The Labute approximate surface area is 139 Å². The lowest BCUT2D eigenvalue weighted by molar-refractivity contribution is -0.113. The second kappa shape index (κ2) is 5.88. The summed E-state index contributed by atoms with van der Waals surface area (Å²) >= 11 is 13.8. The van der Waals surface area contributed by atoms with Gasteiger partial charge in [0.2, 0.25) is 0 Å². The Balaban J connectivity index is 1.95. The molecule has 106 valence electrons. The molecule has 1 aromatic carbocycles. The summed E-state index contributed by atoms with van der Waals surface area (Å²) in [6, 6.07) is 7.94. The first-order valence-corrected chi connectivity index (χ1v) is 8.31. The van der Waals surface area contributed by atoms with Crippen molar-refractivity contribution in [2.75, 3.05) is 4.90 Å². The lowest BCUT2D eigenvalue weighted by atomic mass is 10.2. The Morgan fingerprint density at radius 2 is 2.14 bits per heavy atom. The molecule has 0 unspecified atom stereocenters. The van der Waals surface area contributed by atoms with Crippen molar-refractivity contribution in [1.82, 2.24) is 0 Å². The minimum Gasteiger partial charge on any atom is -0.268 e. The number of benzene rings is 1. The maximum absolute atomic E-state index is 13.2. The Hall–Kier alpha value is -1.21. The van der Waals surface area contributed by atoms with Crippen molar-refractivity contribution in [3.63, 3.8) is 0 Å². The van der Waals surface area contributed by atoms with Gasteiger partial charge in [0.1, 0.15) is 5.82 Å². The Morgan fingerprint density at radius 1 is 1.33 bits per heavy atom. The van der Waals surface area contributed by atoms with E-state index < -0.39 is 5.82 Å². The number of hydrogen-bond acceptors (Lipinski definition) is 4. The minimum absolute atomic E-state index is 0.0382. The van der Waals surface area contributed by atoms with Crippen LogP contribution < -0.4 is 4.90 Å². The smallest absolute Gasteiger partial charge is 0.268 e. The molecule has 3 rings (SSSR count). The zero-order chi connectivity index (χ0) is 15.0. The van der Waals surface area contributed by atoms with E-state index in [4.69, 9.17) is 23.8 Å². The number of thioether (sulfide) groups is 1. The lowest BCUT2D eigenvalue weighted by Gasteiger charge is -2.14. The minimum atomic E-state index is -0.528. The van der Waals surface area contributed by atoms with Crippen LogP contribution in [0, 0.1) is 5.82 Å². The molecule has 1 aromatic heterocycles. The van der Waals surface area contributed by atoms with E-state index in [2.05, 4.69) is 0 Å². The van der Waals surface area contributed by atoms with E-state index in [-0.39, 0.29) is 10.9 Å². The van der Waals surface area contributed by atoms with E-state index in [0.717, 1.165) is 4.88 Å². The SMILES string of the molecule is O=C1/C(=C/c2cccs2)SC(=S)N1c1ccc(F)c(Cl)c1. The predicted molar refractivity (Wildman–Crippen MR) is 91.4 cm³/mol. The van der Waals surface area contributed by atoms with Gasteiger partial charge in [-0.1, -0.05) is 41.6 Å². The molecule has 1 saturated heterocycles. The third kappa shape index (κ3) is 2.89. The van der Waals surface area contributed by atoms with Gasteiger partial charge < -0.3 is 0 Å². The van der Waals surface area contributed by atoms with E-state index in [0.29, 0.717) is 14.9 Å². The van der Waals surface area contributed by atoms with Gasteiger partial charge in [0.15, 0.2) is 4.32 Å². The van der Waals surface area contributed by atoms with Crippen molar-refractivity contribution in [3.8, 4) is 0 Å². The zero-order valence-corrected chi connectivity index (χ0v) is 13.6. The van der Waals surface area contributed by atoms with E-state index in [1.807, 2.05) is 17.5 Å². The number of carbonyl (C=O) groups excluding carboxylic acids is 1. The van der Waals surface area contributed by atoms with Crippen LogP contribution in [0.2, 0.25) is 5.02 Å². The largest absolute Gasteiger partial charge is 0.270 e. The van der Waals surface area contributed by atoms with Gasteiger partial charge >= 0.3 is 0 Å². The number of hydrogen-bond donors (Lipinski definition) is 0. The van der Waals surface area contributed by atoms with Crippen molar-refractivity contribution >= 4 is 68.9 Å². The van der Waals surface area contributed by atoms with E-state index in [1.54, 1.807) is 17.4 Å². The standard InChI is InChI=1S/C14H7ClFNOS3/c15-10-6-8(3-4-11(10)16)17-13(18)12(21-14(17)19)7-9-2-1-5-20-9/h1-7H/b12-7-. The van der Waals surface area contributed by atoms with Crippen LogP contribution >= 0.6 is 46.9 Å². The molecule has 0 aliphatic carbocycles. The van der Waals surface area contributed by atoms with Gasteiger partial charge in [0.25, 0.3) is 5.91 Å². The van der Waals surface area contributed by atoms with Crippen LogP contribution in [0.15, 0.2) is 40.6 Å². The molecule has 1 amide bonds. The second-order valence-electron chi connectivity index (χ2n) is 4.13. The monoisotopic (exact) mass is 355 g/mol. The third-order valence-corrected chi connectivity index (χ3v) is 5.18. The quantitative estimate of drug-likeness (QED) is 0.561. The number of carbonyl (C=O) groups is 1. The first kappa shape index (κ1) is 14.7. The summed E-state index contributed by atoms with van der Waals surface area (Å²) in [6.07, 6.45) is 1.80. The third-order valence-electron chi connectivity index (χ3n) is 2.77. The van der Waals surface area contributed by atoms with Gasteiger partial charge in [0.05, 0.1) is 15.6 Å². The van der Waals surface area contributed by atoms with Gasteiger partial charge in [-0.3, -0.25) is 9.69 Å². The Morgan fingerprint density at radius 3 is 2.81 bits per heavy atom. The maximum Gasteiger partial charge on any atom is 0.270 e. The highest BCUT2D eigenvalue weighted by molar-refractivity contribution is 8.27. The molecule has 0 N–H and O–H groups in total. The van der Waals surface area contributed by atoms with Crippen LogP contribution in [0.3, 0.4) is 0 Å². The fourth-order valence-electron chi connectivity index (χ4n) is 1.82. The Kier molecular flexibility index (Phi) is 4.12. The van der Waals surface area contributed by atoms with Gasteiger partial charge in [0, 0.05) is 4.88 Å². The Bertz CT molecular complexity index is 758. The highest BCUT2D eigenvalue weighted by atomic mass is 35.5. The fourth-order valence-corrected chi connectivity index (χ4v) is 4.01. The number of amides is 1. The maximum atomic E-state index is 13.2. The number of rotatable bonds is 2. The van der Waals surface area contributed by atoms with Crippen molar-refractivity contribution in [2.45, 2.75) is 0 Å². The molecule has 2 nitrogen and oxygen atoms in total. The summed E-state index contributed by atoms with van der Waals surface area (Å²) in [4.78, 5) is 15.3. The molecule has 0 bridgehead atoms. The van der Waals surface area contributed by atoms with E-state index >= 15 is 0 Å². The highest BCUT2D eigenvalue weighted by Crippen LogP contribution is 2.37. The molecular weight excluding hydrogens is 349 g/mol. The van der Waals surface area contributed by atoms with Crippen LogP contribution in [0.5, 0.6) is 0 Å².